The van der Waals surface area contributed by atoms with Crippen LogP contribution in [0.4, 0.5) is 5.69 Å². The van der Waals surface area contributed by atoms with Crippen LogP contribution in [-0.4, -0.2) is 17.4 Å². The molecule has 5 heteroatoms. The fourth-order valence-electron chi connectivity index (χ4n) is 1.19. The summed E-state index contributed by atoms with van der Waals surface area (Å²) in [6.07, 6.45) is 1.84. The van der Waals surface area contributed by atoms with Gasteiger partial charge in [0.05, 0.1) is 4.92 Å². The fraction of sp³-hybridized carbons (Fsp3) is 0.182. The van der Waals surface area contributed by atoms with E-state index in [9.17, 15) is 14.9 Å². The molecule has 0 aromatic heterocycles. The third-order valence-corrected chi connectivity index (χ3v) is 2.05. The van der Waals surface area contributed by atoms with Gasteiger partial charge in [-0.25, -0.2) is 0 Å². The van der Waals surface area contributed by atoms with Gasteiger partial charge in [0.25, 0.3) is 5.69 Å². The minimum Gasteiger partial charge on any atom is -0.352 e. The van der Waals surface area contributed by atoms with Crippen molar-refractivity contribution >= 4 is 11.6 Å². The molecular formula is C11H12N2O3. The molecule has 84 valence electrons. The van der Waals surface area contributed by atoms with Crippen molar-refractivity contribution in [2.75, 3.05) is 6.54 Å². The zero-order chi connectivity index (χ0) is 12.0. The lowest BCUT2D eigenvalue weighted by molar-refractivity contribution is -0.384. The molecule has 1 aromatic rings. The minimum absolute atomic E-state index is 0.0684. The first-order chi connectivity index (χ1) is 7.63. The topological polar surface area (TPSA) is 72.2 Å². The van der Waals surface area contributed by atoms with Gasteiger partial charge >= 0.3 is 0 Å². The summed E-state index contributed by atoms with van der Waals surface area (Å²) in [6, 6.07) is 6.26. The summed E-state index contributed by atoms with van der Waals surface area (Å²) in [6.45, 7) is 3.82. The first kappa shape index (κ1) is 11.9. The van der Waals surface area contributed by atoms with E-state index in [0.29, 0.717) is 13.0 Å². The first-order valence-electron chi connectivity index (χ1n) is 4.77. The molecule has 0 spiro atoms. The van der Waals surface area contributed by atoms with Crippen LogP contribution in [0.1, 0.15) is 5.56 Å². The molecule has 0 aliphatic carbocycles. The van der Waals surface area contributed by atoms with Gasteiger partial charge in [-0.05, 0) is 18.1 Å². The Morgan fingerprint density at radius 2 is 2.06 bits per heavy atom. The predicted molar refractivity (Wildman–Crippen MR) is 60.0 cm³/mol. The molecule has 1 aromatic carbocycles. The summed E-state index contributed by atoms with van der Waals surface area (Å²) in [5.74, 6) is -0.220. The van der Waals surface area contributed by atoms with Crippen molar-refractivity contribution in [3.05, 3.63) is 52.6 Å². The Hall–Kier alpha value is -2.17. The van der Waals surface area contributed by atoms with E-state index < -0.39 is 4.92 Å². The van der Waals surface area contributed by atoms with Crippen LogP contribution in [0.15, 0.2) is 36.9 Å². The molecule has 1 amide bonds. The highest BCUT2D eigenvalue weighted by molar-refractivity contribution is 5.86. The summed E-state index contributed by atoms with van der Waals surface area (Å²) in [5, 5.41) is 13.0. The highest BCUT2D eigenvalue weighted by Gasteiger charge is 2.03. The molecule has 0 saturated heterocycles. The normalized spacial score (nSPS) is 9.50. The number of carbonyl (C=O) groups excluding carboxylic acids is 1. The maximum absolute atomic E-state index is 10.8. The Morgan fingerprint density at radius 1 is 1.44 bits per heavy atom. The van der Waals surface area contributed by atoms with Gasteiger partial charge in [-0.3, -0.25) is 14.9 Å². The van der Waals surface area contributed by atoms with Gasteiger partial charge in [-0.2, -0.15) is 0 Å². The lowest BCUT2D eigenvalue weighted by Crippen LogP contribution is -2.23. The first-order valence-corrected chi connectivity index (χ1v) is 4.77. The molecule has 0 fully saturated rings. The smallest absolute Gasteiger partial charge is 0.269 e. The Kier molecular flexibility index (Phi) is 4.20. The van der Waals surface area contributed by atoms with Gasteiger partial charge in [0.2, 0.25) is 5.91 Å². The third-order valence-electron chi connectivity index (χ3n) is 2.05. The summed E-state index contributed by atoms with van der Waals surface area (Å²) in [4.78, 5) is 20.8. The number of benzene rings is 1. The second kappa shape index (κ2) is 5.65. The van der Waals surface area contributed by atoms with Crippen LogP contribution in [0.5, 0.6) is 0 Å². The number of hydrogen-bond acceptors (Lipinski definition) is 3. The average Bonchev–Trinajstić information content (AvgIpc) is 2.29. The summed E-state index contributed by atoms with van der Waals surface area (Å²) in [7, 11) is 0. The molecule has 1 rings (SSSR count). The number of amides is 1. The SMILES string of the molecule is C=CC(=O)NCCc1ccc([N+](=O)[O-])cc1. The van der Waals surface area contributed by atoms with Crippen LogP contribution < -0.4 is 5.32 Å². The number of hydrogen-bond donors (Lipinski definition) is 1. The van der Waals surface area contributed by atoms with Gasteiger partial charge < -0.3 is 5.32 Å². The highest BCUT2D eigenvalue weighted by Crippen LogP contribution is 2.11. The van der Waals surface area contributed by atoms with E-state index in [0.717, 1.165) is 5.56 Å². The molecule has 0 atom stereocenters. The summed E-state index contributed by atoms with van der Waals surface area (Å²) < 4.78 is 0. The average molecular weight is 220 g/mol. The Bertz CT molecular complexity index is 398. The minimum atomic E-state index is -0.441. The van der Waals surface area contributed by atoms with Crippen LogP contribution >= 0.6 is 0 Å². The molecular weight excluding hydrogens is 208 g/mol. The molecule has 5 nitrogen and oxygen atoms in total. The summed E-state index contributed by atoms with van der Waals surface area (Å²) >= 11 is 0. The molecule has 0 radical (unpaired) electrons. The monoisotopic (exact) mass is 220 g/mol. The fourth-order valence-corrected chi connectivity index (χ4v) is 1.19. The van der Waals surface area contributed by atoms with E-state index in [1.807, 2.05) is 0 Å². The van der Waals surface area contributed by atoms with Crippen molar-refractivity contribution in [1.82, 2.24) is 5.32 Å². The quantitative estimate of drug-likeness (QED) is 0.463. The van der Waals surface area contributed by atoms with E-state index in [-0.39, 0.29) is 11.6 Å². The number of non-ortho nitro benzene ring substituents is 1. The molecule has 1 N–H and O–H groups in total. The zero-order valence-corrected chi connectivity index (χ0v) is 8.68. The predicted octanol–water partition coefficient (Wildman–Crippen LogP) is 1.44. The number of nitrogens with one attached hydrogen (secondary N) is 1. The van der Waals surface area contributed by atoms with Crippen molar-refractivity contribution < 1.29 is 9.72 Å². The van der Waals surface area contributed by atoms with Crippen molar-refractivity contribution in [2.24, 2.45) is 0 Å². The molecule has 0 aliphatic heterocycles. The number of carbonyl (C=O) groups is 1. The van der Waals surface area contributed by atoms with Crippen LogP contribution in [0.2, 0.25) is 0 Å². The maximum Gasteiger partial charge on any atom is 0.269 e. The maximum atomic E-state index is 10.8. The van der Waals surface area contributed by atoms with E-state index in [1.54, 1.807) is 12.1 Å². The number of nitrogens with zero attached hydrogens (tertiary/aromatic N) is 1. The lowest BCUT2D eigenvalue weighted by atomic mass is 10.1. The molecule has 16 heavy (non-hydrogen) atoms. The Morgan fingerprint density at radius 3 is 2.56 bits per heavy atom. The van der Waals surface area contributed by atoms with Gasteiger partial charge in [-0.15, -0.1) is 0 Å². The standard InChI is InChI=1S/C11H12N2O3/c1-2-11(14)12-8-7-9-3-5-10(6-4-9)13(15)16/h2-6H,1,7-8H2,(H,12,14). The van der Waals surface area contributed by atoms with Gasteiger partial charge in [0.1, 0.15) is 0 Å². The zero-order valence-electron chi connectivity index (χ0n) is 8.68. The molecule has 0 bridgehead atoms. The van der Waals surface area contributed by atoms with Crippen molar-refractivity contribution in [1.29, 1.82) is 0 Å². The van der Waals surface area contributed by atoms with E-state index >= 15 is 0 Å². The van der Waals surface area contributed by atoms with Crippen molar-refractivity contribution in [3.8, 4) is 0 Å². The lowest BCUT2D eigenvalue weighted by Gasteiger charge is -2.02. The Labute approximate surface area is 92.9 Å². The highest BCUT2D eigenvalue weighted by atomic mass is 16.6. The number of rotatable bonds is 5. The van der Waals surface area contributed by atoms with Gasteiger partial charge in [0.15, 0.2) is 0 Å². The second-order valence-electron chi connectivity index (χ2n) is 3.17. The van der Waals surface area contributed by atoms with E-state index in [4.69, 9.17) is 0 Å². The van der Waals surface area contributed by atoms with Crippen molar-refractivity contribution in [2.45, 2.75) is 6.42 Å². The molecule has 0 saturated carbocycles. The molecule has 0 heterocycles. The largest absolute Gasteiger partial charge is 0.352 e. The molecule has 0 unspecified atom stereocenters. The van der Waals surface area contributed by atoms with Crippen LogP contribution in [0.3, 0.4) is 0 Å². The third kappa shape index (κ3) is 3.53. The van der Waals surface area contributed by atoms with E-state index in [1.165, 1.54) is 18.2 Å². The Balaban J connectivity index is 2.46. The number of nitro groups is 1. The van der Waals surface area contributed by atoms with Gasteiger partial charge in [-0.1, -0.05) is 18.7 Å². The van der Waals surface area contributed by atoms with Crippen LogP contribution in [-0.2, 0) is 11.2 Å². The summed E-state index contributed by atoms with van der Waals surface area (Å²) in [5.41, 5.74) is 1.01. The molecule has 0 aliphatic rings. The van der Waals surface area contributed by atoms with Gasteiger partial charge in [0, 0.05) is 18.7 Å². The van der Waals surface area contributed by atoms with Crippen molar-refractivity contribution in [3.63, 3.8) is 0 Å². The second-order valence-corrected chi connectivity index (χ2v) is 3.17. The van der Waals surface area contributed by atoms with E-state index in [2.05, 4.69) is 11.9 Å². The van der Waals surface area contributed by atoms with Crippen LogP contribution in [0, 0.1) is 10.1 Å². The number of nitro benzene ring substituents is 1. The van der Waals surface area contributed by atoms with Crippen LogP contribution in [0.25, 0.3) is 0 Å².